The van der Waals surface area contributed by atoms with Gasteiger partial charge in [0.1, 0.15) is 5.75 Å². The highest BCUT2D eigenvalue weighted by Gasteiger charge is 2.23. The molecule has 20 heavy (non-hydrogen) atoms. The minimum atomic E-state index is 0.333. The molecular weight excluding hydrogens is 290 g/mol. The van der Waals surface area contributed by atoms with Crippen molar-refractivity contribution in [3.63, 3.8) is 0 Å². The van der Waals surface area contributed by atoms with E-state index >= 15 is 0 Å². The van der Waals surface area contributed by atoms with Gasteiger partial charge in [-0.25, -0.2) is 0 Å². The Morgan fingerprint density at radius 2 is 2.20 bits per heavy atom. The molecule has 2 nitrogen and oxygen atoms in total. The first-order valence-electron chi connectivity index (χ1n) is 6.86. The van der Waals surface area contributed by atoms with E-state index in [1.54, 1.807) is 18.4 Å². The van der Waals surface area contributed by atoms with Gasteiger partial charge in [0.2, 0.25) is 0 Å². The molecule has 4 heteroatoms. The van der Waals surface area contributed by atoms with Crippen molar-refractivity contribution in [3.8, 4) is 5.75 Å². The Hall–Kier alpha value is -1.19. The number of halogens is 1. The summed E-state index contributed by atoms with van der Waals surface area (Å²) in [6.07, 6.45) is 3.49. The summed E-state index contributed by atoms with van der Waals surface area (Å²) in [5, 5.41) is 3.62. The maximum atomic E-state index is 6.16. The lowest BCUT2D eigenvalue weighted by molar-refractivity contribution is 0.415. The van der Waals surface area contributed by atoms with Gasteiger partial charge < -0.3 is 10.1 Å². The summed E-state index contributed by atoms with van der Waals surface area (Å²) in [4.78, 5) is 1.42. The summed E-state index contributed by atoms with van der Waals surface area (Å²) < 4.78 is 6.36. The molecule has 0 radical (unpaired) electrons. The van der Waals surface area contributed by atoms with Gasteiger partial charge in [0.05, 0.1) is 23.2 Å². The van der Waals surface area contributed by atoms with E-state index < -0.39 is 0 Å². The van der Waals surface area contributed by atoms with Gasteiger partial charge in [-0.2, -0.15) is 0 Å². The number of rotatable bonds is 3. The van der Waals surface area contributed by atoms with E-state index in [2.05, 4.69) is 36.5 Å². The Labute approximate surface area is 128 Å². The third-order valence-corrected chi connectivity index (χ3v) is 5.11. The van der Waals surface area contributed by atoms with Crippen LogP contribution in [0.3, 0.4) is 0 Å². The van der Waals surface area contributed by atoms with Crippen molar-refractivity contribution in [1.29, 1.82) is 0 Å². The summed E-state index contributed by atoms with van der Waals surface area (Å²) in [6.45, 7) is 2.07. The summed E-state index contributed by atoms with van der Waals surface area (Å²) in [5.41, 5.74) is 3.61. The van der Waals surface area contributed by atoms with Crippen molar-refractivity contribution in [2.75, 3.05) is 12.4 Å². The number of aryl methyl sites for hydroxylation is 2. The Bertz CT molecular complexity index is 623. The summed E-state index contributed by atoms with van der Waals surface area (Å²) in [6, 6.07) is 8.70. The first kappa shape index (κ1) is 13.8. The van der Waals surface area contributed by atoms with E-state index in [4.69, 9.17) is 16.3 Å². The molecule has 106 valence electrons. The molecule has 1 aromatic carbocycles. The quantitative estimate of drug-likeness (QED) is 0.840. The zero-order valence-corrected chi connectivity index (χ0v) is 13.3. The molecule has 0 spiro atoms. The second-order valence-electron chi connectivity index (χ2n) is 5.22. The van der Waals surface area contributed by atoms with Gasteiger partial charge in [-0.1, -0.05) is 17.7 Å². The van der Waals surface area contributed by atoms with Gasteiger partial charge in [-0.05, 0) is 55.5 Å². The number of hydrogen-bond donors (Lipinski definition) is 1. The third-order valence-electron chi connectivity index (χ3n) is 3.77. The lowest BCUT2D eigenvalue weighted by Crippen LogP contribution is -2.16. The number of methoxy groups -OCH3 is 1. The Morgan fingerprint density at radius 1 is 1.35 bits per heavy atom. The molecule has 1 unspecified atom stereocenters. The molecule has 1 heterocycles. The Morgan fingerprint density at radius 3 is 3.00 bits per heavy atom. The van der Waals surface area contributed by atoms with Crippen LogP contribution >= 0.6 is 22.9 Å². The maximum absolute atomic E-state index is 6.16. The fourth-order valence-electron chi connectivity index (χ4n) is 2.78. The smallest absolute Gasteiger partial charge is 0.142 e. The molecule has 3 rings (SSSR count). The number of benzene rings is 1. The van der Waals surface area contributed by atoms with Crippen molar-refractivity contribution < 1.29 is 4.74 Å². The molecule has 1 aromatic heterocycles. The number of hydrogen-bond acceptors (Lipinski definition) is 3. The number of anilines is 1. The molecule has 0 saturated heterocycles. The molecule has 1 atom stereocenters. The SMILES string of the molecule is COc1cc(C)ccc1NC1CCCc2sc(Cl)cc21. The molecule has 0 saturated carbocycles. The Balaban J connectivity index is 1.89. The van der Waals surface area contributed by atoms with Crippen molar-refractivity contribution >= 4 is 28.6 Å². The van der Waals surface area contributed by atoms with E-state index in [1.807, 2.05) is 0 Å². The van der Waals surface area contributed by atoms with Crippen molar-refractivity contribution in [2.45, 2.75) is 32.2 Å². The maximum Gasteiger partial charge on any atom is 0.142 e. The first-order chi connectivity index (χ1) is 9.67. The monoisotopic (exact) mass is 307 g/mol. The van der Waals surface area contributed by atoms with Gasteiger partial charge in [-0.3, -0.25) is 0 Å². The second kappa shape index (κ2) is 5.66. The van der Waals surface area contributed by atoms with Gasteiger partial charge in [-0.15, -0.1) is 11.3 Å². The number of fused-ring (bicyclic) bond motifs is 1. The zero-order valence-electron chi connectivity index (χ0n) is 11.7. The predicted octanol–water partition coefficient (Wildman–Crippen LogP) is 5.21. The molecule has 1 aliphatic rings. The fourth-order valence-corrected chi connectivity index (χ4v) is 4.16. The highest BCUT2D eigenvalue weighted by Crippen LogP contribution is 2.40. The van der Waals surface area contributed by atoms with Gasteiger partial charge in [0, 0.05) is 4.88 Å². The number of nitrogens with one attached hydrogen (secondary N) is 1. The minimum absolute atomic E-state index is 0.333. The minimum Gasteiger partial charge on any atom is -0.495 e. The lowest BCUT2D eigenvalue weighted by atomic mass is 9.94. The van der Waals surface area contributed by atoms with Crippen LogP contribution in [0.2, 0.25) is 4.34 Å². The number of ether oxygens (including phenoxy) is 1. The fraction of sp³-hybridized carbons (Fsp3) is 0.375. The van der Waals surface area contributed by atoms with Crippen LogP contribution < -0.4 is 10.1 Å². The highest BCUT2D eigenvalue weighted by atomic mass is 35.5. The van der Waals surface area contributed by atoms with Crippen molar-refractivity contribution in [2.24, 2.45) is 0 Å². The molecule has 0 amide bonds. The summed E-state index contributed by atoms with van der Waals surface area (Å²) in [7, 11) is 1.72. The van der Waals surface area contributed by atoms with E-state index in [0.717, 1.165) is 28.6 Å². The van der Waals surface area contributed by atoms with Crippen LogP contribution in [0.4, 0.5) is 5.69 Å². The molecule has 0 bridgehead atoms. The Kier molecular flexibility index (Phi) is 3.90. The van der Waals surface area contributed by atoms with Gasteiger partial charge in [0.25, 0.3) is 0 Å². The average Bonchev–Trinajstić information content (AvgIpc) is 2.82. The average molecular weight is 308 g/mol. The van der Waals surface area contributed by atoms with E-state index in [-0.39, 0.29) is 0 Å². The van der Waals surface area contributed by atoms with Crippen molar-refractivity contribution in [1.82, 2.24) is 0 Å². The standard InChI is InChI=1S/C16H18ClNOS/c1-10-6-7-13(14(8-10)19-2)18-12-4-3-5-15-11(12)9-16(17)20-15/h6-9,12,18H,3-5H2,1-2H3. The van der Waals surface area contributed by atoms with Crippen LogP contribution in [-0.4, -0.2) is 7.11 Å². The van der Waals surface area contributed by atoms with E-state index in [9.17, 15) is 0 Å². The van der Waals surface area contributed by atoms with Crippen molar-refractivity contribution in [3.05, 3.63) is 44.6 Å². The number of thiophene rings is 1. The van der Waals surface area contributed by atoms with Gasteiger partial charge >= 0.3 is 0 Å². The second-order valence-corrected chi connectivity index (χ2v) is 6.99. The predicted molar refractivity (Wildman–Crippen MR) is 86.4 cm³/mol. The first-order valence-corrected chi connectivity index (χ1v) is 8.06. The van der Waals surface area contributed by atoms with Crippen LogP contribution in [0.5, 0.6) is 5.75 Å². The summed E-state index contributed by atoms with van der Waals surface area (Å²) >= 11 is 7.88. The molecule has 2 aromatic rings. The molecule has 1 N–H and O–H groups in total. The lowest BCUT2D eigenvalue weighted by Gasteiger charge is -2.25. The third kappa shape index (κ3) is 2.65. The van der Waals surface area contributed by atoms with Crippen LogP contribution in [-0.2, 0) is 6.42 Å². The normalized spacial score (nSPS) is 17.6. The molecule has 0 aliphatic heterocycles. The van der Waals surface area contributed by atoms with Crippen LogP contribution in [0.1, 0.15) is 34.9 Å². The largest absolute Gasteiger partial charge is 0.495 e. The summed E-state index contributed by atoms with van der Waals surface area (Å²) in [5.74, 6) is 0.901. The highest BCUT2D eigenvalue weighted by molar-refractivity contribution is 7.16. The van der Waals surface area contributed by atoms with E-state index in [0.29, 0.717) is 6.04 Å². The molecular formula is C16H18ClNOS. The van der Waals surface area contributed by atoms with Crippen LogP contribution in [0.15, 0.2) is 24.3 Å². The molecule has 1 aliphatic carbocycles. The van der Waals surface area contributed by atoms with Crippen LogP contribution in [0.25, 0.3) is 0 Å². The van der Waals surface area contributed by atoms with E-state index in [1.165, 1.54) is 22.4 Å². The van der Waals surface area contributed by atoms with Gasteiger partial charge in [0.15, 0.2) is 0 Å². The topological polar surface area (TPSA) is 21.3 Å². The van der Waals surface area contributed by atoms with Crippen LogP contribution in [0, 0.1) is 6.92 Å². The zero-order chi connectivity index (χ0) is 14.1. The molecule has 0 fully saturated rings.